The number of benzene rings is 3. The van der Waals surface area contributed by atoms with Crippen molar-refractivity contribution >= 4 is 22.5 Å². The van der Waals surface area contributed by atoms with E-state index in [0.29, 0.717) is 35.9 Å². The summed E-state index contributed by atoms with van der Waals surface area (Å²) in [5.74, 6) is 0.776. The highest BCUT2D eigenvalue weighted by atomic mass is 19.4. The van der Waals surface area contributed by atoms with Gasteiger partial charge in [-0.1, -0.05) is 47.6 Å². The van der Waals surface area contributed by atoms with Crippen LogP contribution in [0, 0.1) is 5.92 Å². The van der Waals surface area contributed by atoms with Crippen molar-refractivity contribution in [1.82, 2.24) is 10.3 Å². The monoisotopic (exact) mass is 579 g/mol. The van der Waals surface area contributed by atoms with Gasteiger partial charge in [-0.3, -0.25) is 4.79 Å². The zero-order valence-corrected chi connectivity index (χ0v) is 23.0. The van der Waals surface area contributed by atoms with Gasteiger partial charge in [-0.25, -0.2) is 0 Å². The smallest absolute Gasteiger partial charge is 0.416 e. The van der Waals surface area contributed by atoms with Gasteiger partial charge in [-0.2, -0.15) is 13.2 Å². The zero-order valence-electron chi connectivity index (χ0n) is 23.0. The van der Waals surface area contributed by atoms with Crippen LogP contribution in [-0.2, 0) is 33.6 Å². The predicted octanol–water partition coefficient (Wildman–Crippen LogP) is 6.27. The molecule has 0 radical (unpaired) electrons. The highest BCUT2D eigenvalue weighted by Gasteiger charge is 2.30. The largest absolute Gasteiger partial charge is 0.484 e. The summed E-state index contributed by atoms with van der Waals surface area (Å²) in [4.78, 5) is 21.3. The van der Waals surface area contributed by atoms with Gasteiger partial charge in [0.15, 0.2) is 6.61 Å². The van der Waals surface area contributed by atoms with E-state index in [1.165, 1.54) is 12.1 Å². The van der Waals surface area contributed by atoms with Crippen LogP contribution < -0.4 is 10.1 Å². The van der Waals surface area contributed by atoms with E-state index in [0.717, 1.165) is 60.2 Å². The first-order valence-corrected chi connectivity index (χ1v) is 13.8. The van der Waals surface area contributed by atoms with Crippen LogP contribution in [0.15, 0.2) is 84.1 Å². The lowest BCUT2D eigenvalue weighted by Crippen LogP contribution is -2.35. The topological polar surface area (TPSA) is 84.9 Å². The summed E-state index contributed by atoms with van der Waals surface area (Å²) in [6.45, 7) is 1.97. The number of halogens is 3. The predicted molar refractivity (Wildman–Crippen MR) is 153 cm³/mol. The van der Waals surface area contributed by atoms with Crippen LogP contribution in [0.25, 0.3) is 10.9 Å². The number of aromatic amines is 1. The van der Waals surface area contributed by atoms with Crippen molar-refractivity contribution in [3.63, 3.8) is 0 Å². The molecular formula is C32H32F3N3O4. The Morgan fingerprint density at radius 3 is 2.50 bits per heavy atom. The lowest BCUT2D eigenvalue weighted by Gasteiger charge is -2.22. The molecule has 0 aliphatic carbocycles. The first-order valence-electron chi connectivity index (χ1n) is 13.8. The second kappa shape index (κ2) is 13.6. The van der Waals surface area contributed by atoms with Crippen LogP contribution in [-0.4, -0.2) is 43.0 Å². The maximum Gasteiger partial charge on any atom is 0.416 e. The van der Waals surface area contributed by atoms with Crippen molar-refractivity contribution in [3.8, 4) is 5.75 Å². The number of hydrogen-bond acceptors (Lipinski definition) is 5. The van der Waals surface area contributed by atoms with Crippen LogP contribution in [0.5, 0.6) is 5.75 Å². The van der Waals surface area contributed by atoms with E-state index in [9.17, 15) is 18.0 Å². The first kappa shape index (κ1) is 29.2. The number of amides is 1. The average molecular weight is 580 g/mol. The van der Waals surface area contributed by atoms with Gasteiger partial charge < -0.3 is 24.6 Å². The molecule has 0 spiro atoms. The summed E-state index contributed by atoms with van der Waals surface area (Å²) in [7, 11) is 0. The Morgan fingerprint density at radius 1 is 1.00 bits per heavy atom. The van der Waals surface area contributed by atoms with Crippen LogP contribution in [0.4, 0.5) is 13.2 Å². The molecule has 5 rings (SSSR count). The Kier molecular flexibility index (Phi) is 9.43. The second-order valence-electron chi connectivity index (χ2n) is 10.2. The maximum atomic E-state index is 12.9. The highest BCUT2D eigenvalue weighted by molar-refractivity contribution is 6.11. The van der Waals surface area contributed by atoms with E-state index in [1.54, 1.807) is 6.07 Å². The molecule has 1 saturated heterocycles. The Bertz CT molecular complexity index is 1500. The number of hydrogen-bond donors (Lipinski definition) is 2. The summed E-state index contributed by atoms with van der Waals surface area (Å²) < 4.78 is 49.9. The fourth-order valence-corrected chi connectivity index (χ4v) is 4.78. The molecule has 4 aromatic rings. The Balaban J connectivity index is 1.29. The van der Waals surface area contributed by atoms with E-state index in [4.69, 9.17) is 14.3 Å². The summed E-state index contributed by atoms with van der Waals surface area (Å²) in [5.41, 5.74) is 3.13. The zero-order chi connectivity index (χ0) is 29.4. The highest BCUT2D eigenvalue weighted by Crippen LogP contribution is 2.29. The number of carbonyl (C=O) groups is 1. The molecule has 1 aromatic heterocycles. The number of H-pyrrole nitrogens is 1. The number of ether oxygens (including phenoxy) is 2. The van der Waals surface area contributed by atoms with Gasteiger partial charge in [0.2, 0.25) is 0 Å². The minimum Gasteiger partial charge on any atom is -0.484 e. The number of nitrogens with zero attached hydrogens (tertiary/aromatic N) is 1. The molecule has 2 N–H and O–H groups in total. The fraction of sp³-hybridized carbons (Fsp3) is 0.312. The number of carbonyl (C=O) groups excluding carboxylic acids is 1. The molecule has 1 aliphatic heterocycles. The van der Waals surface area contributed by atoms with E-state index in [-0.39, 0.29) is 19.1 Å². The minimum atomic E-state index is -4.40. The third kappa shape index (κ3) is 7.91. The molecule has 1 aliphatic rings. The minimum absolute atomic E-state index is 0.0101. The molecule has 2 heterocycles. The molecule has 220 valence electrons. The summed E-state index contributed by atoms with van der Waals surface area (Å²) >= 11 is 0. The van der Waals surface area contributed by atoms with Gasteiger partial charge in [0.1, 0.15) is 12.4 Å². The van der Waals surface area contributed by atoms with Gasteiger partial charge in [0.25, 0.3) is 5.91 Å². The molecule has 0 unspecified atom stereocenters. The van der Waals surface area contributed by atoms with Crippen LogP contribution in [0.1, 0.15) is 35.1 Å². The second-order valence-corrected chi connectivity index (χ2v) is 10.2. The maximum absolute atomic E-state index is 12.9. The number of oxime groups is 1. The van der Waals surface area contributed by atoms with E-state index < -0.39 is 11.7 Å². The van der Waals surface area contributed by atoms with Gasteiger partial charge >= 0.3 is 6.18 Å². The Labute approximate surface area is 241 Å². The molecule has 0 saturated carbocycles. The molecule has 1 amide bonds. The Morgan fingerprint density at radius 2 is 1.76 bits per heavy atom. The molecule has 10 heteroatoms. The SMILES string of the molecule is O=C(COc1ccc2[nH]cc(C(Cc3ccccc3)=NOCc3ccc(C(F)(F)F)cc3)c2c1)NCC1CCOCC1. The van der Waals surface area contributed by atoms with Gasteiger partial charge in [0.05, 0.1) is 11.3 Å². The lowest BCUT2D eigenvalue weighted by molar-refractivity contribution is -0.137. The van der Waals surface area contributed by atoms with Gasteiger partial charge in [-0.05, 0) is 60.2 Å². The third-order valence-corrected chi connectivity index (χ3v) is 7.16. The molecule has 1 fully saturated rings. The molecule has 0 atom stereocenters. The van der Waals surface area contributed by atoms with Crippen LogP contribution in [0.3, 0.4) is 0 Å². The van der Waals surface area contributed by atoms with Crippen molar-refractivity contribution in [2.45, 2.75) is 32.0 Å². The van der Waals surface area contributed by atoms with Crippen molar-refractivity contribution in [3.05, 3.63) is 101 Å². The summed E-state index contributed by atoms with van der Waals surface area (Å²) in [6, 6.07) is 20.1. The number of alkyl halides is 3. The third-order valence-electron chi connectivity index (χ3n) is 7.16. The number of aromatic nitrogens is 1. The van der Waals surface area contributed by atoms with Crippen molar-refractivity contribution < 1.29 is 32.3 Å². The summed E-state index contributed by atoms with van der Waals surface area (Å²) in [6.07, 6.45) is -0.227. The number of fused-ring (bicyclic) bond motifs is 1. The first-order chi connectivity index (χ1) is 20.3. The Hall–Kier alpha value is -4.31. The van der Waals surface area contributed by atoms with E-state index in [2.05, 4.69) is 15.5 Å². The van der Waals surface area contributed by atoms with E-state index in [1.807, 2.05) is 48.7 Å². The molecular weight excluding hydrogens is 547 g/mol. The fourth-order valence-electron chi connectivity index (χ4n) is 4.78. The molecule has 3 aromatic carbocycles. The standard InChI is InChI=1S/C32H32F3N3O4/c33-32(34,35)25-8-6-24(7-9-25)20-42-38-30(16-22-4-2-1-3-5-22)28-19-36-29-11-10-26(17-27(28)29)41-21-31(39)37-18-23-12-14-40-15-13-23/h1-11,17,19,23,36H,12-16,18,20-21H2,(H,37,39). The molecule has 0 bridgehead atoms. The van der Waals surface area contributed by atoms with Crippen molar-refractivity contribution in [2.24, 2.45) is 11.1 Å². The van der Waals surface area contributed by atoms with Gasteiger partial charge in [0, 0.05) is 48.8 Å². The summed E-state index contributed by atoms with van der Waals surface area (Å²) in [5, 5.41) is 8.19. The quantitative estimate of drug-likeness (QED) is 0.162. The lowest BCUT2D eigenvalue weighted by atomic mass is 10.0. The average Bonchev–Trinajstić information content (AvgIpc) is 3.42. The van der Waals surface area contributed by atoms with Crippen LogP contribution in [0.2, 0.25) is 0 Å². The number of rotatable bonds is 11. The molecule has 7 nitrogen and oxygen atoms in total. The number of nitrogens with one attached hydrogen (secondary N) is 2. The van der Waals surface area contributed by atoms with Crippen molar-refractivity contribution in [1.29, 1.82) is 0 Å². The molecule has 42 heavy (non-hydrogen) atoms. The normalized spacial score (nSPS) is 14.6. The van der Waals surface area contributed by atoms with Crippen molar-refractivity contribution in [2.75, 3.05) is 26.4 Å². The van der Waals surface area contributed by atoms with Crippen LogP contribution >= 0.6 is 0 Å². The van der Waals surface area contributed by atoms with Gasteiger partial charge in [-0.15, -0.1) is 0 Å². The van der Waals surface area contributed by atoms with E-state index >= 15 is 0 Å².